The van der Waals surface area contributed by atoms with E-state index in [0.29, 0.717) is 11.6 Å². The van der Waals surface area contributed by atoms with Gasteiger partial charge in [-0.3, -0.25) is 4.98 Å². The van der Waals surface area contributed by atoms with Crippen molar-refractivity contribution in [2.24, 2.45) is 0 Å². The zero-order chi connectivity index (χ0) is 12.3. The summed E-state index contributed by atoms with van der Waals surface area (Å²) in [7, 11) is 0. The number of pyridine rings is 1. The maximum Gasteiger partial charge on any atom is 0.138 e. The van der Waals surface area contributed by atoms with Crippen LogP contribution in [-0.4, -0.2) is 10.1 Å². The van der Waals surface area contributed by atoms with Gasteiger partial charge in [0.05, 0.1) is 10.7 Å². The summed E-state index contributed by atoms with van der Waals surface area (Å²) in [6.07, 6.45) is 3.38. The van der Waals surface area contributed by atoms with Crippen molar-refractivity contribution in [1.82, 2.24) is 15.5 Å². The lowest BCUT2D eigenvalue weighted by Crippen LogP contribution is -2.14. The van der Waals surface area contributed by atoms with Crippen molar-refractivity contribution >= 4 is 11.6 Å². The number of aryl methyl sites for hydroxylation is 2. The molecule has 2 heterocycles. The lowest BCUT2D eigenvalue weighted by atomic mass is 10.2. The number of hydrogen-bond donors (Lipinski definition) is 1. The first-order valence-corrected chi connectivity index (χ1v) is 5.77. The molecular formula is C12H14ClN3O. The number of halogens is 1. The van der Waals surface area contributed by atoms with Gasteiger partial charge >= 0.3 is 0 Å². The summed E-state index contributed by atoms with van der Waals surface area (Å²) in [4.78, 5) is 3.95. The van der Waals surface area contributed by atoms with Crippen LogP contribution < -0.4 is 5.32 Å². The molecule has 0 atom stereocenters. The van der Waals surface area contributed by atoms with Crippen molar-refractivity contribution in [3.8, 4) is 0 Å². The average molecular weight is 252 g/mol. The van der Waals surface area contributed by atoms with Gasteiger partial charge in [-0.1, -0.05) is 16.8 Å². The summed E-state index contributed by atoms with van der Waals surface area (Å²) in [5.74, 6) is 0.857. The fourth-order valence-corrected chi connectivity index (χ4v) is 1.81. The molecule has 0 spiro atoms. The quantitative estimate of drug-likeness (QED) is 0.908. The van der Waals surface area contributed by atoms with E-state index in [9.17, 15) is 0 Å². The molecule has 0 aliphatic carbocycles. The van der Waals surface area contributed by atoms with E-state index in [4.69, 9.17) is 16.1 Å². The van der Waals surface area contributed by atoms with Crippen molar-refractivity contribution in [2.75, 3.05) is 0 Å². The van der Waals surface area contributed by atoms with Crippen molar-refractivity contribution in [1.29, 1.82) is 0 Å². The number of hydrogen-bond acceptors (Lipinski definition) is 4. The van der Waals surface area contributed by atoms with Crippen LogP contribution in [0.25, 0.3) is 0 Å². The highest BCUT2D eigenvalue weighted by molar-refractivity contribution is 6.31. The van der Waals surface area contributed by atoms with Crippen LogP contribution in [0.5, 0.6) is 0 Å². The summed E-state index contributed by atoms with van der Waals surface area (Å²) in [6, 6.07) is 1.91. The highest BCUT2D eigenvalue weighted by atomic mass is 35.5. The molecule has 0 aliphatic heterocycles. The fraction of sp³-hybridized carbons (Fsp3) is 0.333. The van der Waals surface area contributed by atoms with E-state index in [1.165, 1.54) is 0 Å². The van der Waals surface area contributed by atoms with Gasteiger partial charge in [-0.05, 0) is 25.5 Å². The maximum absolute atomic E-state index is 6.01. The first-order valence-electron chi connectivity index (χ1n) is 5.39. The zero-order valence-corrected chi connectivity index (χ0v) is 10.6. The second-order valence-corrected chi connectivity index (χ2v) is 4.28. The van der Waals surface area contributed by atoms with E-state index in [1.807, 2.05) is 19.9 Å². The molecule has 0 aliphatic rings. The van der Waals surface area contributed by atoms with Crippen molar-refractivity contribution in [3.05, 3.63) is 46.1 Å². The van der Waals surface area contributed by atoms with Gasteiger partial charge < -0.3 is 9.84 Å². The van der Waals surface area contributed by atoms with Crippen LogP contribution in [0, 0.1) is 13.8 Å². The molecule has 0 saturated heterocycles. The van der Waals surface area contributed by atoms with Gasteiger partial charge in [0, 0.05) is 31.0 Å². The molecule has 90 valence electrons. The third-order valence-corrected chi connectivity index (χ3v) is 3.00. The molecule has 0 unspecified atom stereocenters. The van der Waals surface area contributed by atoms with Crippen molar-refractivity contribution in [3.63, 3.8) is 0 Å². The standard InChI is InChI=1S/C12H14ClN3O/c1-8-11(9(2)17-16-8)6-15-5-10-3-4-14-7-12(10)13/h3-4,7,15H,5-6H2,1-2H3. The van der Waals surface area contributed by atoms with Crippen LogP contribution in [-0.2, 0) is 13.1 Å². The maximum atomic E-state index is 6.01. The van der Waals surface area contributed by atoms with Crippen molar-refractivity contribution < 1.29 is 4.52 Å². The first-order chi connectivity index (χ1) is 8.18. The Morgan fingerprint density at radius 3 is 2.82 bits per heavy atom. The average Bonchev–Trinajstić information content (AvgIpc) is 2.63. The minimum atomic E-state index is 0.679. The smallest absolute Gasteiger partial charge is 0.138 e. The van der Waals surface area contributed by atoms with Gasteiger partial charge in [-0.15, -0.1) is 0 Å². The van der Waals surface area contributed by atoms with Gasteiger partial charge in [0.15, 0.2) is 0 Å². The second kappa shape index (κ2) is 5.29. The van der Waals surface area contributed by atoms with E-state index in [-0.39, 0.29) is 0 Å². The molecule has 2 rings (SSSR count). The molecule has 0 amide bonds. The van der Waals surface area contributed by atoms with Gasteiger partial charge in [0.25, 0.3) is 0 Å². The van der Waals surface area contributed by atoms with E-state index in [1.54, 1.807) is 12.4 Å². The lowest BCUT2D eigenvalue weighted by molar-refractivity contribution is 0.392. The number of nitrogens with zero attached hydrogens (tertiary/aromatic N) is 2. The van der Waals surface area contributed by atoms with Gasteiger partial charge in [-0.25, -0.2) is 0 Å². The molecule has 4 nitrogen and oxygen atoms in total. The normalized spacial score (nSPS) is 10.8. The number of rotatable bonds is 4. The second-order valence-electron chi connectivity index (χ2n) is 3.87. The van der Waals surface area contributed by atoms with E-state index in [2.05, 4.69) is 15.5 Å². The van der Waals surface area contributed by atoms with Crippen LogP contribution >= 0.6 is 11.6 Å². The van der Waals surface area contributed by atoms with Crippen LogP contribution in [0.15, 0.2) is 23.0 Å². The molecule has 0 aromatic carbocycles. The molecular weight excluding hydrogens is 238 g/mol. The van der Waals surface area contributed by atoms with Gasteiger partial charge in [0.1, 0.15) is 5.76 Å². The Labute approximate surface area is 105 Å². The summed E-state index contributed by atoms with van der Waals surface area (Å²) in [5, 5.41) is 7.90. The Morgan fingerprint density at radius 1 is 1.35 bits per heavy atom. The van der Waals surface area contributed by atoms with Gasteiger partial charge in [-0.2, -0.15) is 0 Å². The summed E-state index contributed by atoms with van der Waals surface area (Å²) in [5.41, 5.74) is 3.07. The lowest BCUT2D eigenvalue weighted by Gasteiger charge is -2.05. The molecule has 1 N–H and O–H groups in total. The van der Waals surface area contributed by atoms with Crippen LogP contribution in [0.3, 0.4) is 0 Å². The Morgan fingerprint density at radius 2 is 2.18 bits per heavy atom. The number of aromatic nitrogens is 2. The Bertz CT molecular complexity index is 491. The Kier molecular flexibility index (Phi) is 3.76. The van der Waals surface area contributed by atoms with E-state index in [0.717, 1.165) is 29.1 Å². The third kappa shape index (κ3) is 2.84. The predicted octanol–water partition coefficient (Wildman–Crippen LogP) is 2.63. The largest absolute Gasteiger partial charge is 0.361 e. The molecule has 2 aromatic rings. The highest BCUT2D eigenvalue weighted by Gasteiger charge is 2.08. The molecule has 0 saturated carbocycles. The Balaban J connectivity index is 1.95. The minimum absolute atomic E-state index is 0.679. The van der Waals surface area contributed by atoms with Crippen LogP contribution in [0.4, 0.5) is 0 Å². The topological polar surface area (TPSA) is 51.0 Å². The van der Waals surface area contributed by atoms with Gasteiger partial charge in [0.2, 0.25) is 0 Å². The Hall–Kier alpha value is -1.39. The molecule has 2 aromatic heterocycles. The van der Waals surface area contributed by atoms with Crippen LogP contribution in [0.2, 0.25) is 5.02 Å². The monoisotopic (exact) mass is 251 g/mol. The minimum Gasteiger partial charge on any atom is -0.361 e. The SMILES string of the molecule is Cc1noc(C)c1CNCc1ccncc1Cl. The number of nitrogens with one attached hydrogen (secondary N) is 1. The molecule has 0 radical (unpaired) electrons. The first kappa shape index (κ1) is 12.1. The zero-order valence-electron chi connectivity index (χ0n) is 9.83. The summed E-state index contributed by atoms with van der Waals surface area (Å²) < 4.78 is 5.10. The van der Waals surface area contributed by atoms with Crippen molar-refractivity contribution in [2.45, 2.75) is 26.9 Å². The van der Waals surface area contributed by atoms with E-state index >= 15 is 0 Å². The third-order valence-electron chi connectivity index (χ3n) is 2.65. The molecule has 5 heteroatoms. The predicted molar refractivity (Wildman–Crippen MR) is 65.8 cm³/mol. The fourth-order valence-electron chi connectivity index (χ4n) is 1.62. The molecule has 0 fully saturated rings. The molecule has 0 bridgehead atoms. The summed E-state index contributed by atoms with van der Waals surface area (Å²) in [6.45, 7) is 5.27. The molecule has 17 heavy (non-hydrogen) atoms. The summed E-state index contributed by atoms with van der Waals surface area (Å²) >= 11 is 6.01. The van der Waals surface area contributed by atoms with Crippen LogP contribution in [0.1, 0.15) is 22.6 Å². The van der Waals surface area contributed by atoms with E-state index < -0.39 is 0 Å². The highest BCUT2D eigenvalue weighted by Crippen LogP contribution is 2.14.